The molecule has 0 aliphatic rings. The molecule has 26 heavy (non-hydrogen) atoms. The number of nitrogens with one attached hydrogen (secondary N) is 1. The quantitative estimate of drug-likeness (QED) is 0.373. The summed E-state index contributed by atoms with van der Waals surface area (Å²) < 4.78 is 1.48. The lowest BCUT2D eigenvalue weighted by atomic mass is 10.0. The molecule has 3 rings (SSSR count). The lowest BCUT2D eigenvalue weighted by Gasteiger charge is -2.12. The highest BCUT2D eigenvalue weighted by Crippen LogP contribution is 2.31. The molecule has 134 valence electrons. The Bertz CT molecular complexity index is 928. The third-order valence-electron chi connectivity index (χ3n) is 3.86. The largest absolute Gasteiger partial charge is 0.355 e. The number of thiazole rings is 1. The molecule has 1 N–H and O–H groups in total. The fourth-order valence-corrected chi connectivity index (χ4v) is 4.34. The van der Waals surface area contributed by atoms with E-state index in [-0.39, 0.29) is 23.3 Å². The predicted molar refractivity (Wildman–Crippen MR) is 105 cm³/mol. The molecule has 0 aliphatic heterocycles. The lowest BCUT2D eigenvalue weighted by Crippen LogP contribution is -2.28. The molecule has 1 heterocycles. The van der Waals surface area contributed by atoms with Crippen molar-refractivity contribution in [1.29, 1.82) is 0 Å². The summed E-state index contributed by atoms with van der Waals surface area (Å²) in [4.78, 5) is 26.9. The Hall–Kier alpha value is -2.45. The van der Waals surface area contributed by atoms with E-state index in [1.165, 1.54) is 40.8 Å². The van der Waals surface area contributed by atoms with Gasteiger partial charge in [-0.2, -0.15) is 0 Å². The summed E-state index contributed by atoms with van der Waals surface area (Å²) in [5.41, 5.74) is 1.94. The Morgan fingerprint density at radius 1 is 1.31 bits per heavy atom. The van der Waals surface area contributed by atoms with Crippen molar-refractivity contribution in [3.8, 4) is 0 Å². The van der Waals surface area contributed by atoms with E-state index in [2.05, 4.69) is 17.2 Å². The van der Waals surface area contributed by atoms with Crippen LogP contribution >= 0.6 is 23.1 Å². The minimum atomic E-state index is -0.423. The van der Waals surface area contributed by atoms with Crippen molar-refractivity contribution in [2.75, 3.05) is 12.3 Å². The van der Waals surface area contributed by atoms with Gasteiger partial charge in [-0.1, -0.05) is 49.0 Å². The van der Waals surface area contributed by atoms with Gasteiger partial charge in [0, 0.05) is 18.7 Å². The topological polar surface area (TPSA) is 85.1 Å². The zero-order chi connectivity index (χ0) is 18.5. The number of aromatic nitrogens is 1. The van der Waals surface area contributed by atoms with E-state index in [0.717, 1.165) is 9.04 Å². The maximum atomic E-state index is 12.1. The van der Waals surface area contributed by atoms with Crippen LogP contribution in [0.1, 0.15) is 18.4 Å². The molecule has 6 nitrogen and oxygen atoms in total. The van der Waals surface area contributed by atoms with Gasteiger partial charge in [-0.25, -0.2) is 4.98 Å². The fourth-order valence-electron chi connectivity index (χ4n) is 2.41. The summed E-state index contributed by atoms with van der Waals surface area (Å²) in [5.74, 6) is 0.458. The van der Waals surface area contributed by atoms with Crippen LogP contribution in [0.4, 0.5) is 5.69 Å². The normalized spacial score (nSPS) is 12.0. The summed E-state index contributed by atoms with van der Waals surface area (Å²) in [7, 11) is 0. The van der Waals surface area contributed by atoms with Crippen LogP contribution in [0.15, 0.2) is 52.9 Å². The van der Waals surface area contributed by atoms with Crippen LogP contribution in [0.5, 0.6) is 0 Å². The average Bonchev–Trinajstić information content (AvgIpc) is 3.07. The van der Waals surface area contributed by atoms with Crippen molar-refractivity contribution in [2.45, 2.75) is 17.2 Å². The number of nitro groups is 1. The minimum Gasteiger partial charge on any atom is -0.355 e. The van der Waals surface area contributed by atoms with Crippen molar-refractivity contribution in [2.24, 2.45) is 0 Å². The second-order valence-electron chi connectivity index (χ2n) is 5.79. The van der Waals surface area contributed by atoms with Crippen LogP contribution in [0.3, 0.4) is 0 Å². The van der Waals surface area contributed by atoms with E-state index < -0.39 is 4.92 Å². The van der Waals surface area contributed by atoms with Crippen LogP contribution < -0.4 is 5.32 Å². The van der Waals surface area contributed by atoms with E-state index in [0.29, 0.717) is 12.1 Å². The number of amides is 1. The maximum absolute atomic E-state index is 12.1. The number of non-ortho nitro benzene ring substituents is 1. The summed E-state index contributed by atoms with van der Waals surface area (Å²) in [6.07, 6.45) is 0. The first-order chi connectivity index (χ1) is 12.5. The number of nitro benzene ring substituents is 1. The number of benzene rings is 2. The highest BCUT2D eigenvalue weighted by molar-refractivity contribution is 8.01. The smallest absolute Gasteiger partial charge is 0.270 e. The number of nitrogens with zero attached hydrogens (tertiary/aromatic N) is 2. The monoisotopic (exact) mass is 387 g/mol. The molecule has 0 unspecified atom stereocenters. The number of thioether (sulfide) groups is 1. The highest BCUT2D eigenvalue weighted by atomic mass is 32.2. The van der Waals surface area contributed by atoms with E-state index in [1.807, 2.05) is 30.3 Å². The Morgan fingerprint density at radius 2 is 2.08 bits per heavy atom. The van der Waals surface area contributed by atoms with Crippen LogP contribution in [-0.4, -0.2) is 28.1 Å². The maximum Gasteiger partial charge on any atom is 0.270 e. The first-order valence-electron chi connectivity index (χ1n) is 8.02. The molecule has 1 aromatic heterocycles. The first-order valence-corrected chi connectivity index (χ1v) is 9.82. The number of carbonyl (C=O) groups excluding carboxylic acids is 1. The second-order valence-corrected chi connectivity index (χ2v) is 8.05. The number of hydrogen-bond donors (Lipinski definition) is 1. The third kappa shape index (κ3) is 4.59. The summed E-state index contributed by atoms with van der Waals surface area (Å²) >= 11 is 2.70. The molecule has 3 aromatic rings. The average molecular weight is 387 g/mol. The van der Waals surface area contributed by atoms with Gasteiger partial charge in [0.05, 0.1) is 20.9 Å². The number of fused-ring (bicyclic) bond motifs is 1. The zero-order valence-electron chi connectivity index (χ0n) is 14.0. The molecule has 0 radical (unpaired) electrons. The number of hydrogen-bond acceptors (Lipinski definition) is 6. The standard InChI is InChI=1S/C18H17N3O3S2/c1-12(13-5-3-2-4-6-13)10-19-17(22)11-25-18-20-15-8-7-14(21(23)24)9-16(15)26-18/h2-9,12H,10-11H2,1H3,(H,19,22)/t12-/m0/s1. The fraction of sp³-hybridized carbons (Fsp3) is 0.222. The van der Waals surface area contributed by atoms with Gasteiger partial charge in [-0.05, 0) is 17.5 Å². The van der Waals surface area contributed by atoms with Gasteiger partial charge in [-0.15, -0.1) is 11.3 Å². The number of rotatable bonds is 7. The molecular formula is C18H17N3O3S2. The molecule has 2 aromatic carbocycles. The van der Waals surface area contributed by atoms with Gasteiger partial charge >= 0.3 is 0 Å². The Morgan fingerprint density at radius 3 is 2.81 bits per heavy atom. The van der Waals surface area contributed by atoms with Crippen LogP contribution in [0, 0.1) is 10.1 Å². The molecule has 0 spiro atoms. The molecule has 0 saturated carbocycles. The van der Waals surface area contributed by atoms with E-state index >= 15 is 0 Å². The van der Waals surface area contributed by atoms with Gasteiger partial charge in [0.15, 0.2) is 4.34 Å². The van der Waals surface area contributed by atoms with E-state index in [4.69, 9.17) is 0 Å². The van der Waals surface area contributed by atoms with Crippen LogP contribution in [0.25, 0.3) is 10.2 Å². The first kappa shape index (κ1) is 18.3. The Labute approximate surface area is 158 Å². The predicted octanol–water partition coefficient (Wildman–Crippen LogP) is 4.22. The van der Waals surface area contributed by atoms with Crippen LogP contribution in [-0.2, 0) is 4.79 Å². The molecule has 1 amide bonds. The molecule has 1 atom stereocenters. The second kappa shape index (κ2) is 8.29. The van der Waals surface area contributed by atoms with E-state index in [9.17, 15) is 14.9 Å². The number of carbonyl (C=O) groups is 1. The SMILES string of the molecule is C[C@@H](CNC(=O)CSc1nc2ccc([N+](=O)[O-])cc2s1)c1ccccc1. The van der Waals surface area contributed by atoms with Gasteiger partial charge in [-0.3, -0.25) is 14.9 Å². The highest BCUT2D eigenvalue weighted by Gasteiger charge is 2.12. The molecular weight excluding hydrogens is 370 g/mol. The molecule has 8 heteroatoms. The lowest BCUT2D eigenvalue weighted by molar-refractivity contribution is -0.384. The summed E-state index contributed by atoms with van der Waals surface area (Å²) in [5, 5.41) is 13.8. The van der Waals surface area contributed by atoms with Crippen molar-refractivity contribution < 1.29 is 9.72 Å². The minimum absolute atomic E-state index is 0.0466. The molecule has 0 fully saturated rings. The zero-order valence-corrected chi connectivity index (χ0v) is 15.7. The van der Waals surface area contributed by atoms with Crippen molar-refractivity contribution >= 4 is 44.9 Å². The van der Waals surface area contributed by atoms with Crippen LogP contribution in [0.2, 0.25) is 0 Å². The van der Waals surface area contributed by atoms with Gasteiger partial charge in [0.2, 0.25) is 5.91 Å². The van der Waals surface area contributed by atoms with E-state index in [1.54, 1.807) is 6.07 Å². The van der Waals surface area contributed by atoms with Crippen molar-refractivity contribution in [3.63, 3.8) is 0 Å². The summed E-state index contributed by atoms with van der Waals surface area (Å²) in [6.45, 7) is 2.65. The van der Waals surface area contributed by atoms with Crippen molar-refractivity contribution in [1.82, 2.24) is 10.3 Å². The third-order valence-corrected chi connectivity index (χ3v) is 6.03. The van der Waals surface area contributed by atoms with Gasteiger partial charge in [0.1, 0.15) is 0 Å². The summed E-state index contributed by atoms with van der Waals surface area (Å²) in [6, 6.07) is 14.6. The Balaban J connectivity index is 1.52. The Kier molecular flexibility index (Phi) is 5.85. The van der Waals surface area contributed by atoms with Crippen molar-refractivity contribution in [3.05, 3.63) is 64.2 Å². The van der Waals surface area contributed by atoms with Gasteiger partial charge < -0.3 is 5.32 Å². The van der Waals surface area contributed by atoms with Gasteiger partial charge in [0.25, 0.3) is 5.69 Å². The molecule has 0 bridgehead atoms. The molecule has 0 aliphatic carbocycles. The molecule has 0 saturated heterocycles.